The summed E-state index contributed by atoms with van der Waals surface area (Å²) in [5.74, 6) is 3.10. The molecule has 24 heavy (non-hydrogen) atoms. The Kier molecular flexibility index (Phi) is 12.8. The number of nitrogens with two attached hydrogens (primary N) is 1. The van der Waals surface area contributed by atoms with Gasteiger partial charge in [0.2, 0.25) is 5.91 Å². The number of nitrogens with zero attached hydrogens (tertiary/aromatic N) is 1. The zero-order valence-electron chi connectivity index (χ0n) is 15.0. The molecule has 2 aliphatic carbocycles. The quantitative estimate of drug-likeness (QED) is 0.615. The van der Waals surface area contributed by atoms with E-state index >= 15 is 0 Å². The lowest BCUT2D eigenvalue weighted by molar-refractivity contribution is -0.120. The fourth-order valence-corrected chi connectivity index (χ4v) is 4.95. The van der Waals surface area contributed by atoms with Gasteiger partial charge in [0.15, 0.2) is 0 Å². The molecule has 2 atom stereocenters. The molecule has 2 unspecified atom stereocenters. The minimum atomic E-state index is 0. The molecule has 4 nitrogen and oxygen atoms in total. The number of hydrogen-bond acceptors (Lipinski definition) is 4. The molecule has 2 aliphatic rings. The molecule has 0 aromatic carbocycles. The van der Waals surface area contributed by atoms with Gasteiger partial charge in [-0.1, -0.05) is 20.3 Å². The number of rotatable bonds is 8. The van der Waals surface area contributed by atoms with Crippen molar-refractivity contribution in [3.05, 3.63) is 0 Å². The summed E-state index contributed by atoms with van der Waals surface area (Å²) in [7, 11) is 0. The van der Waals surface area contributed by atoms with Crippen LogP contribution >= 0.6 is 36.6 Å². The maximum Gasteiger partial charge on any atom is 0.230 e. The Balaban J connectivity index is 0.00000264. The standard InChI is InChI=1S/C17H33N3OS.2ClH/c1-3-20(4-2)8-9-22-12-16(21)19-17-13-6-5-7-14(17)11-15(18)10-13;;/h13-15,17H,3-12,18H2,1-2H3,(H,19,21);2*1H. The van der Waals surface area contributed by atoms with Crippen LogP contribution in [-0.2, 0) is 4.79 Å². The summed E-state index contributed by atoms with van der Waals surface area (Å²) >= 11 is 1.76. The Morgan fingerprint density at radius 1 is 1.17 bits per heavy atom. The summed E-state index contributed by atoms with van der Waals surface area (Å²) in [6.45, 7) is 7.64. The molecular formula is C17H35Cl2N3OS. The summed E-state index contributed by atoms with van der Waals surface area (Å²) < 4.78 is 0. The van der Waals surface area contributed by atoms with Gasteiger partial charge in [-0.3, -0.25) is 4.79 Å². The van der Waals surface area contributed by atoms with E-state index in [1.54, 1.807) is 11.8 Å². The highest BCUT2D eigenvalue weighted by molar-refractivity contribution is 7.99. The maximum atomic E-state index is 12.2. The molecule has 0 radical (unpaired) electrons. The van der Waals surface area contributed by atoms with Crippen molar-refractivity contribution in [2.75, 3.05) is 31.1 Å². The summed E-state index contributed by atoms with van der Waals surface area (Å²) in [4.78, 5) is 14.6. The SMILES string of the molecule is CCN(CC)CCSCC(=O)NC1C2CCCC1CC(N)C2.Cl.Cl. The van der Waals surface area contributed by atoms with E-state index in [1.807, 2.05) is 0 Å². The lowest BCUT2D eigenvalue weighted by atomic mass is 9.67. The number of halogens is 2. The van der Waals surface area contributed by atoms with E-state index in [-0.39, 0.29) is 30.7 Å². The Labute approximate surface area is 164 Å². The average molecular weight is 400 g/mol. The second-order valence-corrected chi connectivity index (χ2v) is 7.96. The minimum absolute atomic E-state index is 0. The Bertz CT molecular complexity index is 345. The van der Waals surface area contributed by atoms with E-state index < -0.39 is 0 Å². The van der Waals surface area contributed by atoms with Crippen LogP contribution < -0.4 is 11.1 Å². The van der Waals surface area contributed by atoms with Crippen molar-refractivity contribution in [1.82, 2.24) is 10.2 Å². The first-order valence-electron chi connectivity index (χ1n) is 8.99. The number of hydrogen-bond donors (Lipinski definition) is 2. The second-order valence-electron chi connectivity index (χ2n) is 6.86. The molecule has 144 valence electrons. The van der Waals surface area contributed by atoms with Crippen LogP contribution in [0.5, 0.6) is 0 Å². The van der Waals surface area contributed by atoms with Gasteiger partial charge < -0.3 is 16.0 Å². The van der Waals surface area contributed by atoms with E-state index in [0.29, 0.717) is 29.7 Å². The van der Waals surface area contributed by atoms with Crippen LogP contribution in [0.2, 0.25) is 0 Å². The first-order chi connectivity index (χ1) is 10.6. The zero-order chi connectivity index (χ0) is 15.9. The van der Waals surface area contributed by atoms with Crippen LogP contribution in [0.4, 0.5) is 0 Å². The van der Waals surface area contributed by atoms with Gasteiger partial charge in [0.05, 0.1) is 5.75 Å². The van der Waals surface area contributed by atoms with Gasteiger partial charge in [-0.15, -0.1) is 24.8 Å². The highest BCUT2D eigenvalue weighted by atomic mass is 35.5. The van der Waals surface area contributed by atoms with E-state index in [4.69, 9.17) is 5.73 Å². The lowest BCUT2D eigenvalue weighted by Gasteiger charge is -2.45. The minimum Gasteiger partial charge on any atom is -0.352 e. The number of fused-ring (bicyclic) bond motifs is 2. The van der Waals surface area contributed by atoms with Crippen LogP contribution in [0.15, 0.2) is 0 Å². The first-order valence-corrected chi connectivity index (χ1v) is 10.1. The molecule has 2 saturated carbocycles. The van der Waals surface area contributed by atoms with Gasteiger partial charge in [0, 0.05) is 24.4 Å². The van der Waals surface area contributed by atoms with Crippen LogP contribution in [0.25, 0.3) is 0 Å². The van der Waals surface area contributed by atoms with Crippen molar-refractivity contribution in [1.29, 1.82) is 0 Å². The summed E-state index contributed by atoms with van der Waals surface area (Å²) in [5.41, 5.74) is 6.15. The van der Waals surface area contributed by atoms with Gasteiger partial charge in [0.25, 0.3) is 0 Å². The topological polar surface area (TPSA) is 58.4 Å². The van der Waals surface area contributed by atoms with Crippen molar-refractivity contribution in [2.24, 2.45) is 17.6 Å². The highest BCUT2D eigenvalue weighted by Gasteiger charge is 2.39. The highest BCUT2D eigenvalue weighted by Crippen LogP contribution is 2.39. The first kappa shape index (κ1) is 24.3. The monoisotopic (exact) mass is 399 g/mol. The van der Waals surface area contributed by atoms with Gasteiger partial charge >= 0.3 is 0 Å². The largest absolute Gasteiger partial charge is 0.352 e. The van der Waals surface area contributed by atoms with Crippen LogP contribution in [-0.4, -0.2) is 54.0 Å². The van der Waals surface area contributed by atoms with Crippen molar-refractivity contribution < 1.29 is 4.79 Å². The maximum absolute atomic E-state index is 12.2. The molecule has 0 spiro atoms. The number of carbonyl (C=O) groups excluding carboxylic acids is 1. The number of carbonyl (C=O) groups is 1. The molecule has 0 aliphatic heterocycles. The van der Waals surface area contributed by atoms with Crippen LogP contribution in [0.3, 0.4) is 0 Å². The molecule has 2 bridgehead atoms. The molecular weight excluding hydrogens is 365 g/mol. The second kappa shape index (κ2) is 12.6. The molecule has 3 N–H and O–H groups in total. The Morgan fingerprint density at radius 3 is 2.29 bits per heavy atom. The van der Waals surface area contributed by atoms with Crippen LogP contribution in [0, 0.1) is 11.8 Å². The molecule has 2 rings (SSSR count). The van der Waals surface area contributed by atoms with E-state index in [1.165, 1.54) is 19.3 Å². The number of amides is 1. The summed E-state index contributed by atoms with van der Waals surface area (Å²) in [5, 5.41) is 3.33. The third kappa shape index (κ3) is 7.28. The molecule has 1 amide bonds. The lowest BCUT2D eigenvalue weighted by Crippen LogP contribution is -2.54. The molecule has 7 heteroatoms. The molecule has 0 aromatic rings. The van der Waals surface area contributed by atoms with E-state index in [9.17, 15) is 4.79 Å². The zero-order valence-corrected chi connectivity index (χ0v) is 17.5. The van der Waals surface area contributed by atoms with E-state index in [0.717, 1.165) is 38.2 Å². The Hall–Kier alpha value is 0.320. The molecule has 0 aromatic heterocycles. The third-order valence-electron chi connectivity index (χ3n) is 5.38. The predicted octanol–water partition coefficient (Wildman–Crippen LogP) is 2.93. The van der Waals surface area contributed by atoms with Crippen molar-refractivity contribution in [3.8, 4) is 0 Å². The average Bonchev–Trinajstić information content (AvgIpc) is 2.48. The van der Waals surface area contributed by atoms with Gasteiger partial charge in [-0.2, -0.15) is 11.8 Å². The van der Waals surface area contributed by atoms with E-state index in [2.05, 4.69) is 24.1 Å². The number of nitrogens with one attached hydrogen (secondary N) is 1. The molecule has 0 saturated heterocycles. The van der Waals surface area contributed by atoms with Gasteiger partial charge in [-0.25, -0.2) is 0 Å². The fraction of sp³-hybridized carbons (Fsp3) is 0.941. The van der Waals surface area contributed by atoms with Crippen molar-refractivity contribution in [2.45, 2.75) is 58.0 Å². The number of thioether (sulfide) groups is 1. The van der Waals surface area contributed by atoms with Crippen molar-refractivity contribution >= 4 is 42.5 Å². The molecule has 2 fully saturated rings. The van der Waals surface area contributed by atoms with Gasteiger partial charge in [-0.05, 0) is 50.6 Å². The third-order valence-corrected chi connectivity index (χ3v) is 6.32. The van der Waals surface area contributed by atoms with Gasteiger partial charge in [0.1, 0.15) is 0 Å². The smallest absolute Gasteiger partial charge is 0.230 e. The predicted molar refractivity (Wildman–Crippen MR) is 110 cm³/mol. The van der Waals surface area contributed by atoms with Crippen LogP contribution in [0.1, 0.15) is 46.0 Å². The summed E-state index contributed by atoms with van der Waals surface area (Å²) in [6.07, 6.45) is 5.98. The molecule has 0 heterocycles. The fourth-order valence-electron chi connectivity index (χ4n) is 4.15. The van der Waals surface area contributed by atoms with Crippen molar-refractivity contribution in [3.63, 3.8) is 0 Å². The Morgan fingerprint density at radius 2 is 1.75 bits per heavy atom. The summed E-state index contributed by atoms with van der Waals surface area (Å²) in [6, 6.07) is 0.747. The normalized spacial score (nSPS) is 28.7.